The van der Waals surface area contributed by atoms with Crippen LogP contribution in [0.25, 0.3) is 0 Å². The zero-order chi connectivity index (χ0) is 13.7. The molecule has 2 rings (SSSR count). The zero-order valence-electron chi connectivity index (χ0n) is 11.0. The van der Waals surface area contributed by atoms with Gasteiger partial charge in [0.1, 0.15) is 0 Å². The molecule has 1 aromatic rings. The lowest BCUT2D eigenvalue weighted by Gasteiger charge is -2.13. The molecule has 0 aliphatic heterocycles. The second-order valence-electron chi connectivity index (χ2n) is 4.87. The molecule has 1 aromatic carbocycles. The summed E-state index contributed by atoms with van der Waals surface area (Å²) in [5.74, 6) is -0.453. The molecule has 0 aromatic heterocycles. The van der Waals surface area contributed by atoms with Gasteiger partial charge in [-0.05, 0) is 31.0 Å². The molecule has 0 saturated heterocycles. The smallest absolute Gasteiger partial charge is 0.248 e. The number of benzene rings is 1. The fourth-order valence-electron chi connectivity index (χ4n) is 2.33. The summed E-state index contributed by atoms with van der Waals surface area (Å²) >= 11 is 0. The van der Waals surface area contributed by atoms with Crippen molar-refractivity contribution in [2.45, 2.75) is 31.8 Å². The third-order valence-corrected chi connectivity index (χ3v) is 3.41. The molecule has 5 nitrogen and oxygen atoms in total. The minimum atomic E-state index is -0.453. The molecule has 1 amide bonds. The van der Waals surface area contributed by atoms with Crippen molar-refractivity contribution in [3.63, 3.8) is 0 Å². The summed E-state index contributed by atoms with van der Waals surface area (Å²) in [5.41, 5.74) is 12.9. The van der Waals surface area contributed by atoms with Crippen LogP contribution in [0.2, 0.25) is 0 Å². The lowest BCUT2D eigenvalue weighted by molar-refractivity contribution is 0.0659. The molecular weight excluding hydrogens is 242 g/mol. The Balaban J connectivity index is 1.81. The molecule has 1 fully saturated rings. The molecule has 0 radical (unpaired) electrons. The van der Waals surface area contributed by atoms with E-state index in [9.17, 15) is 4.79 Å². The maximum Gasteiger partial charge on any atom is 0.248 e. The number of primary amides is 1. The fraction of sp³-hybridized carbons (Fsp3) is 0.500. The Morgan fingerprint density at radius 1 is 1.37 bits per heavy atom. The van der Waals surface area contributed by atoms with Crippen LogP contribution in [-0.2, 0) is 4.74 Å². The summed E-state index contributed by atoms with van der Waals surface area (Å²) in [6.07, 6.45) is 5.28. The van der Waals surface area contributed by atoms with Crippen molar-refractivity contribution in [1.29, 1.82) is 0 Å². The number of nitrogen functional groups attached to an aromatic ring is 1. The number of rotatable bonds is 6. The number of ether oxygens (including phenoxy) is 1. The number of anilines is 2. The summed E-state index contributed by atoms with van der Waals surface area (Å²) in [6.45, 7) is 1.31. The van der Waals surface area contributed by atoms with Gasteiger partial charge in [0.05, 0.1) is 24.1 Å². The van der Waals surface area contributed by atoms with Crippen molar-refractivity contribution in [1.82, 2.24) is 0 Å². The molecule has 104 valence electrons. The first kappa shape index (κ1) is 13.7. The third-order valence-electron chi connectivity index (χ3n) is 3.41. The Kier molecular flexibility index (Phi) is 4.63. The standard InChI is InChI=1S/C14H21N3O2/c15-12-6-5-10(14(16)18)9-13(12)17-7-8-19-11-3-1-2-4-11/h5-6,9,11,17H,1-4,7-8,15H2,(H2,16,18). The van der Waals surface area contributed by atoms with E-state index in [1.807, 2.05) is 0 Å². The van der Waals surface area contributed by atoms with Gasteiger partial charge in [0.25, 0.3) is 0 Å². The monoisotopic (exact) mass is 263 g/mol. The van der Waals surface area contributed by atoms with Crippen molar-refractivity contribution >= 4 is 17.3 Å². The second kappa shape index (κ2) is 6.43. The van der Waals surface area contributed by atoms with E-state index in [4.69, 9.17) is 16.2 Å². The maximum absolute atomic E-state index is 11.1. The Bertz CT molecular complexity index is 442. The number of carbonyl (C=O) groups is 1. The molecule has 0 atom stereocenters. The highest BCUT2D eigenvalue weighted by Crippen LogP contribution is 2.21. The zero-order valence-corrected chi connectivity index (χ0v) is 11.0. The molecular formula is C14H21N3O2. The molecule has 1 aliphatic rings. The number of nitrogens with two attached hydrogens (primary N) is 2. The summed E-state index contributed by atoms with van der Waals surface area (Å²) in [4.78, 5) is 11.1. The van der Waals surface area contributed by atoms with Crippen molar-refractivity contribution in [2.24, 2.45) is 5.73 Å². The van der Waals surface area contributed by atoms with Crippen LogP contribution in [0.1, 0.15) is 36.0 Å². The van der Waals surface area contributed by atoms with Gasteiger partial charge in [-0.15, -0.1) is 0 Å². The number of hydrogen-bond acceptors (Lipinski definition) is 4. The molecule has 0 heterocycles. The first-order valence-electron chi connectivity index (χ1n) is 6.71. The van der Waals surface area contributed by atoms with Gasteiger partial charge in [-0.1, -0.05) is 12.8 Å². The number of carbonyl (C=O) groups excluding carboxylic acids is 1. The fourth-order valence-corrected chi connectivity index (χ4v) is 2.33. The lowest BCUT2D eigenvalue weighted by Crippen LogP contribution is -2.17. The number of hydrogen-bond donors (Lipinski definition) is 3. The average molecular weight is 263 g/mol. The van der Waals surface area contributed by atoms with Crippen LogP contribution in [0, 0.1) is 0 Å². The summed E-state index contributed by atoms with van der Waals surface area (Å²) in [6, 6.07) is 4.98. The first-order chi connectivity index (χ1) is 9.16. The van der Waals surface area contributed by atoms with Crippen molar-refractivity contribution in [2.75, 3.05) is 24.2 Å². The molecule has 5 heteroatoms. The lowest BCUT2D eigenvalue weighted by atomic mass is 10.1. The highest BCUT2D eigenvalue weighted by Gasteiger charge is 2.14. The molecule has 0 unspecified atom stereocenters. The highest BCUT2D eigenvalue weighted by molar-refractivity contribution is 5.94. The summed E-state index contributed by atoms with van der Waals surface area (Å²) in [5, 5.41) is 3.17. The topological polar surface area (TPSA) is 90.4 Å². The van der Waals surface area contributed by atoms with E-state index in [1.165, 1.54) is 25.7 Å². The first-order valence-corrected chi connectivity index (χ1v) is 6.71. The summed E-state index contributed by atoms with van der Waals surface area (Å²) in [7, 11) is 0. The van der Waals surface area contributed by atoms with Crippen molar-refractivity contribution in [3.05, 3.63) is 23.8 Å². The van der Waals surface area contributed by atoms with Crippen LogP contribution < -0.4 is 16.8 Å². The summed E-state index contributed by atoms with van der Waals surface area (Å²) < 4.78 is 5.75. The molecule has 1 saturated carbocycles. The van der Waals surface area contributed by atoms with E-state index in [0.717, 1.165) is 5.69 Å². The van der Waals surface area contributed by atoms with Crippen LogP contribution >= 0.6 is 0 Å². The quantitative estimate of drug-likeness (QED) is 0.538. The van der Waals surface area contributed by atoms with E-state index in [-0.39, 0.29) is 0 Å². The molecule has 0 spiro atoms. The van der Waals surface area contributed by atoms with Gasteiger partial charge in [0, 0.05) is 12.1 Å². The Labute approximate surface area is 113 Å². The SMILES string of the molecule is NC(=O)c1ccc(N)c(NCCOC2CCCC2)c1. The van der Waals surface area contributed by atoms with E-state index in [1.54, 1.807) is 18.2 Å². The van der Waals surface area contributed by atoms with Crippen molar-refractivity contribution < 1.29 is 9.53 Å². The number of nitrogens with one attached hydrogen (secondary N) is 1. The third kappa shape index (κ3) is 3.86. The number of amides is 1. The van der Waals surface area contributed by atoms with Crippen LogP contribution in [0.3, 0.4) is 0 Å². The van der Waals surface area contributed by atoms with Crippen LogP contribution in [0.4, 0.5) is 11.4 Å². The van der Waals surface area contributed by atoms with Gasteiger partial charge in [0.2, 0.25) is 5.91 Å². The van der Waals surface area contributed by atoms with E-state index >= 15 is 0 Å². The van der Waals surface area contributed by atoms with Gasteiger partial charge in [-0.25, -0.2) is 0 Å². The molecule has 0 bridgehead atoms. The van der Waals surface area contributed by atoms with Gasteiger partial charge >= 0.3 is 0 Å². The minimum Gasteiger partial charge on any atom is -0.397 e. The molecule has 19 heavy (non-hydrogen) atoms. The van der Waals surface area contributed by atoms with Crippen LogP contribution in [0.15, 0.2) is 18.2 Å². The van der Waals surface area contributed by atoms with E-state index < -0.39 is 5.91 Å². The Morgan fingerprint density at radius 3 is 2.79 bits per heavy atom. The van der Waals surface area contributed by atoms with Gasteiger partial charge in [-0.3, -0.25) is 4.79 Å². The van der Waals surface area contributed by atoms with Gasteiger partial charge in [0.15, 0.2) is 0 Å². The van der Waals surface area contributed by atoms with E-state index in [2.05, 4.69) is 5.32 Å². The normalized spacial score (nSPS) is 15.6. The minimum absolute atomic E-state index is 0.413. The van der Waals surface area contributed by atoms with Gasteiger partial charge < -0.3 is 21.5 Å². The Hall–Kier alpha value is -1.75. The molecule has 1 aliphatic carbocycles. The molecule has 5 N–H and O–H groups in total. The predicted octanol–water partition coefficient (Wildman–Crippen LogP) is 1.74. The van der Waals surface area contributed by atoms with Crippen LogP contribution in [0.5, 0.6) is 0 Å². The van der Waals surface area contributed by atoms with Crippen molar-refractivity contribution in [3.8, 4) is 0 Å². The highest BCUT2D eigenvalue weighted by atomic mass is 16.5. The predicted molar refractivity (Wildman–Crippen MR) is 76.1 cm³/mol. The average Bonchev–Trinajstić information content (AvgIpc) is 2.89. The maximum atomic E-state index is 11.1. The van der Waals surface area contributed by atoms with Gasteiger partial charge in [-0.2, -0.15) is 0 Å². The largest absolute Gasteiger partial charge is 0.397 e. The Morgan fingerprint density at radius 2 is 2.11 bits per heavy atom. The van der Waals surface area contributed by atoms with E-state index in [0.29, 0.717) is 30.5 Å². The van der Waals surface area contributed by atoms with Crippen LogP contribution in [-0.4, -0.2) is 25.2 Å². The second-order valence-corrected chi connectivity index (χ2v) is 4.87.